The first-order chi connectivity index (χ1) is 6.59. The van der Waals surface area contributed by atoms with Crippen LogP contribution in [0.3, 0.4) is 0 Å². The second-order valence-corrected chi connectivity index (χ2v) is 5.70. The molecule has 0 aromatic rings. The highest BCUT2D eigenvalue weighted by Gasteiger charge is 2.40. The summed E-state index contributed by atoms with van der Waals surface area (Å²) in [5.41, 5.74) is 0.456. The van der Waals surface area contributed by atoms with Gasteiger partial charge in [-0.2, -0.15) is 0 Å². The van der Waals surface area contributed by atoms with Gasteiger partial charge < -0.3 is 10.4 Å². The van der Waals surface area contributed by atoms with Crippen molar-refractivity contribution in [3.05, 3.63) is 0 Å². The van der Waals surface area contributed by atoms with Crippen LogP contribution in [0.5, 0.6) is 0 Å². The van der Waals surface area contributed by atoms with Crippen LogP contribution in [0.4, 0.5) is 0 Å². The van der Waals surface area contributed by atoms with Gasteiger partial charge in [-0.3, -0.25) is 0 Å². The third kappa shape index (κ3) is 1.96. The topological polar surface area (TPSA) is 32.3 Å². The number of hydrogen-bond acceptors (Lipinski definition) is 2. The van der Waals surface area contributed by atoms with Crippen molar-refractivity contribution in [1.82, 2.24) is 5.32 Å². The van der Waals surface area contributed by atoms with Crippen LogP contribution >= 0.6 is 0 Å². The van der Waals surface area contributed by atoms with E-state index in [0.717, 1.165) is 12.8 Å². The van der Waals surface area contributed by atoms with Crippen LogP contribution < -0.4 is 5.32 Å². The van der Waals surface area contributed by atoms with Gasteiger partial charge in [0, 0.05) is 12.1 Å². The molecule has 2 heteroatoms. The minimum Gasteiger partial charge on any atom is -0.392 e. The maximum Gasteiger partial charge on any atom is 0.0693 e. The van der Waals surface area contributed by atoms with E-state index in [1.807, 2.05) is 0 Å². The highest BCUT2D eigenvalue weighted by molar-refractivity contribution is 4.97. The van der Waals surface area contributed by atoms with Gasteiger partial charge in [0.1, 0.15) is 0 Å². The molecule has 2 fully saturated rings. The standard InChI is InChI=1S/C12H23NO/c1-12(2)8-7-11(12)13-9-5-3-4-6-10(9)14/h9-11,13-14H,3-8H2,1-2H3/t9-,10+,11?/m0/s1. The van der Waals surface area contributed by atoms with E-state index in [-0.39, 0.29) is 6.10 Å². The van der Waals surface area contributed by atoms with Gasteiger partial charge >= 0.3 is 0 Å². The second-order valence-electron chi connectivity index (χ2n) is 5.70. The molecule has 0 aromatic carbocycles. The van der Waals surface area contributed by atoms with Crippen LogP contribution in [0.1, 0.15) is 52.4 Å². The van der Waals surface area contributed by atoms with Crippen LogP contribution in [0.15, 0.2) is 0 Å². The van der Waals surface area contributed by atoms with Crippen LogP contribution in [0.2, 0.25) is 0 Å². The summed E-state index contributed by atoms with van der Waals surface area (Å²) >= 11 is 0. The van der Waals surface area contributed by atoms with Crippen LogP contribution in [-0.2, 0) is 0 Å². The lowest BCUT2D eigenvalue weighted by atomic mass is 9.67. The molecule has 0 saturated heterocycles. The summed E-state index contributed by atoms with van der Waals surface area (Å²) < 4.78 is 0. The van der Waals surface area contributed by atoms with E-state index < -0.39 is 0 Å². The van der Waals surface area contributed by atoms with Gasteiger partial charge in [-0.05, 0) is 31.1 Å². The van der Waals surface area contributed by atoms with E-state index in [1.54, 1.807) is 0 Å². The molecule has 82 valence electrons. The van der Waals surface area contributed by atoms with Crippen molar-refractivity contribution in [3.8, 4) is 0 Å². The van der Waals surface area contributed by atoms with Gasteiger partial charge in [0.2, 0.25) is 0 Å². The zero-order valence-electron chi connectivity index (χ0n) is 9.42. The maximum absolute atomic E-state index is 9.85. The Bertz CT molecular complexity index is 202. The van der Waals surface area contributed by atoms with Crippen LogP contribution in [0, 0.1) is 5.41 Å². The van der Waals surface area contributed by atoms with Crippen molar-refractivity contribution in [2.24, 2.45) is 5.41 Å². The molecule has 2 aliphatic carbocycles. The largest absolute Gasteiger partial charge is 0.392 e. The highest BCUT2D eigenvalue weighted by Crippen LogP contribution is 2.40. The molecule has 14 heavy (non-hydrogen) atoms. The first-order valence-corrected chi connectivity index (χ1v) is 6.04. The van der Waals surface area contributed by atoms with E-state index in [1.165, 1.54) is 25.7 Å². The Labute approximate surface area is 87.1 Å². The smallest absolute Gasteiger partial charge is 0.0693 e. The summed E-state index contributed by atoms with van der Waals surface area (Å²) in [6.45, 7) is 4.65. The Morgan fingerprint density at radius 3 is 2.36 bits per heavy atom. The summed E-state index contributed by atoms with van der Waals surface area (Å²) in [5, 5.41) is 13.5. The fraction of sp³-hybridized carbons (Fsp3) is 1.00. The van der Waals surface area contributed by atoms with Gasteiger partial charge in [-0.1, -0.05) is 26.7 Å². The Morgan fingerprint density at radius 2 is 1.86 bits per heavy atom. The number of aliphatic hydroxyl groups is 1. The Morgan fingerprint density at radius 1 is 1.14 bits per heavy atom. The van der Waals surface area contributed by atoms with Gasteiger partial charge in [-0.25, -0.2) is 0 Å². The van der Waals surface area contributed by atoms with Gasteiger partial charge in [0.25, 0.3) is 0 Å². The number of nitrogens with one attached hydrogen (secondary N) is 1. The van der Waals surface area contributed by atoms with Crippen molar-refractivity contribution in [2.75, 3.05) is 0 Å². The Hall–Kier alpha value is -0.0800. The molecule has 0 aromatic heterocycles. The maximum atomic E-state index is 9.85. The summed E-state index contributed by atoms with van der Waals surface area (Å²) in [6.07, 6.45) is 7.15. The molecule has 2 saturated carbocycles. The van der Waals surface area contributed by atoms with Crippen molar-refractivity contribution in [2.45, 2.75) is 70.6 Å². The highest BCUT2D eigenvalue weighted by atomic mass is 16.3. The predicted octanol–water partition coefficient (Wildman–Crippen LogP) is 2.07. The molecule has 2 aliphatic rings. The minimum absolute atomic E-state index is 0.0971. The molecule has 0 spiro atoms. The first-order valence-electron chi connectivity index (χ1n) is 6.04. The van der Waals surface area contributed by atoms with Crippen LogP contribution in [-0.4, -0.2) is 23.3 Å². The van der Waals surface area contributed by atoms with Crippen molar-refractivity contribution >= 4 is 0 Å². The van der Waals surface area contributed by atoms with E-state index in [9.17, 15) is 5.11 Å². The van der Waals surface area contributed by atoms with Gasteiger partial charge in [-0.15, -0.1) is 0 Å². The van der Waals surface area contributed by atoms with Gasteiger partial charge in [0.05, 0.1) is 6.10 Å². The average Bonchev–Trinajstić information content (AvgIpc) is 2.15. The molecule has 3 atom stereocenters. The second kappa shape index (κ2) is 3.82. The third-order valence-electron chi connectivity index (χ3n) is 4.17. The van der Waals surface area contributed by atoms with Crippen molar-refractivity contribution in [3.63, 3.8) is 0 Å². The molecular formula is C12H23NO. The number of hydrogen-bond donors (Lipinski definition) is 2. The Kier molecular flexibility index (Phi) is 2.85. The SMILES string of the molecule is CC1(C)CCC1N[C@H]1CCCC[C@H]1O. The molecule has 2 rings (SSSR count). The monoisotopic (exact) mass is 197 g/mol. The van der Waals surface area contributed by atoms with Crippen molar-refractivity contribution in [1.29, 1.82) is 0 Å². The quantitative estimate of drug-likeness (QED) is 0.710. The van der Waals surface area contributed by atoms with E-state index in [2.05, 4.69) is 19.2 Å². The molecule has 2 N–H and O–H groups in total. The zero-order valence-corrected chi connectivity index (χ0v) is 9.42. The summed E-state index contributed by atoms with van der Waals surface area (Å²) in [6, 6.07) is 1.01. The van der Waals surface area contributed by atoms with E-state index >= 15 is 0 Å². The lowest BCUT2D eigenvalue weighted by Gasteiger charge is -2.48. The fourth-order valence-corrected chi connectivity index (χ4v) is 2.74. The molecule has 0 radical (unpaired) electrons. The number of rotatable bonds is 2. The summed E-state index contributed by atoms with van der Waals surface area (Å²) in [7, 11) is 0. The summed E-state index contributed by atoms with van der Waals surface area (Å²) in [5.74, 6) is 0. The Balaban J connectivity index is 1.84. The average molecular weight is 197 g/mol. The molecule has 0 bridgehead atoms. The molecule has 1 unspecified atom stereocenters. The first kappa shape index (κ1) is 10.4. The van der Waals surface area contributed by atoms with E-state index in [0.29, 0.717) is 17.5 Å². The molecule has 0 heterocycles. The molecule has 0 aliphatic heterocycles. The third-order valence-corrected chi connectivity index (χ3v) is 4.17. The van der Waals surface area contributed by atoms with Crippen LogP contribution in [0.25, 0.3) is 0 Å². The lowest BCUT2D eigenvalue weighted by molar-refractivity contribution is 0.0389. The van der Waals surface area contributed by atoms with Crippen molar-refractivity contribution < 1.29 is 5.11 Å². The molecule has 0 amide bonds. The normalized spacial score (nSPS) is 41.8. The summed E-state index contributed by atoms with van der Waals surface area (Å²) in [4.78, 5) is 0. The lowest BCUT2D eigenvalue weighted by Crippen LogP contribution is -2.56. The molecule has 2 nitrogen and oxygen atoms in total. The number of aliphatic hydroxyl groups excluding tert-OH is 1. The fourth-order valence-electron chi connectivity index (χ4n) is 2.74. The van der Waals surface area contributed by atoms with Gasteiger partial charge in [0.15, 0.2) is 0 Å². The molecular weight excluding hydrogens is 174 g/mol. The minimum atomic E-state index is -0.0971. The van der Waals surface area contributed by atoms with E-state index in [4.69, 9.17) is 0 Å². The predicted molar refractivity (Wildman–Crippen MR) is 58.2 cm³/mol. The zero-order chi connectivity index (χ0) is 10.2.